The molecule has 148 heavy (non-hydrogen) atoms. The molecule has 0 bridgehead atoms. The number of fused-ring (bicyclic) bond motifs is 5. The highest BCUT2D eigenvalue weighted by Crippen LogP contribution is 2.40. The molecule has 9 heterocycles. The topological polar surface area (TPSA) is 229 Å². The van der Waals surface area contributed by atoms with E-state index in [0.717, 1.165) is 117 Å². The first kappa shape index (κ1) is 109. The molecular weight excluding hydrogens is 1850 g/mol. The van der Waals surface area contributed by atoms with Crippen LogP contribution >= 0.6 is 0 Å². The summed E-state index contributed by atoms with van der Waals surface area (Å²) in [6.07, 6.45) is 17.7. The van der Waals surface area contributed by atoms with E-state index in [2.05, 4.69) is 246 Å². The third kappa shape index (κ3) is 29.4. The molecule has 1 aliphatic carbocycles. The molecule has 0 amide bonds. The molecule has 2 aliphatic rings. The predicted molar refractivity (Wildman–Crippen MR) is 588 cm³/mol. The molecule has 2 atom stereocenters. The summed E-state index contributed by atoms with van der Waals surface area (Å²) < 4.78 is 68.9. The number of carbonyl (C=O) groups excluding carboxylic acids is 3. The number of aryl methyl sites for hydroxylation is 1. The zero-order valence-corrected chi connectivity index (χ0v) is 89.3. The van der Waals surface area contributed by atoms with Crippen LogP contribution in [0.4, 0.5) is 13.2 Å². The zero-order valence-electron chi connectivity index (χ0n) is 89.3. The first-order valence-corrected chi connectivity index (χ1v) is 49.6. The molecule has 0 saturated heterocycles. The summed E-state index contributed by atoms with van der Waals surface area (Å²) in [5.41, 5.74) is 24.4. The van der Waals surface area contributed by atoms with Gasteiger partial charge in [-0.1, -0.05) is 267 Å². The number of methoxy groups -OCH3 is 2. The number of nitriles is 1. The Kier molecular flexibility index (Phi) is 34.3. The summed E-state index contributed by atoms with van der Waals surface area (Å²) in [4.78, 5) is 64.3. The molecule has 0 radical (unpaired) electrons. The smallest absolute Gasteiger partial charge is 0.497 e. The van der Waals surface area contributed by atoms with Crippen molar-refractivity contribution in [3.05, 3.63) is 412 Å². The van der Waals surface area contributed by atoms with Crippen LogP contribution in [0.15, 0.2) is 344 Å². The molecule has 0 saturated carbocycles. The van der Waals surface area contributed by atoms with E-state index < -0.39 is 6.36 Å². The predicted octanol–water partition coefficient (Wildman–Crippen LogP) is 29.8. The van der Waals surface area contributed by atoms with Crippen molar-refractivity contribution in [3.8, 4) is 57.3 Å². The summed E-state index contributed by atoms with van der Waals surface area (Å²) in [7, 11) is 5.20. The Labute approximate surface area is 867 Å². The fourth-order valence-electron chi connectivity index (χ4n) is 16.8. The molecule has 0 fully saturated rings. The number of ether oxygens (including phenoxy) is 4. The van der Waals surface area contributed by atoms with Crippen LogP contribution in [0.3, 0.4) is 0 Å². The Morgan fingerprint density at radius 2 is 0.973 bits per heavy atom. The van der Waals surface area contributed by atoms with Crippen molar-refractivity contribution in [2.24, 2.45) is 17.5 Å². The molecule has 0 spiro atoms. The van der Waals surface area contributed by atoms with Crippen molar-refractivity contribution in [3.63, 3.8) is 0 Å². The second kappa shape index (κ2) is 46.3. The highest BCUT2D eigenvalue weighted by atomic mass is 19.4. The normalized spacial score (nSPS) is 13.5. The molecule has 9 aromatic carbocycles. The van der Waals surface area contributed by atoms with E-state index in [9.17, 15) is 27.6 Å². The number of allylic oxidation sites excluding steroid dienone is 2. The van der Waals surface area contributed by atoms with Gasteiger partial charge in [-0.2, -0.15) is 10.4 Å². The highest BCUT2D eigenvalue weighted by Gasteiger charge is 2.39. The minimum Gasteiger partial charge on any atom is -0.497 e. The summed E-state index contributed by atoms with van der Waals surface area (Å²) in [5, 5.41) is 13.9. The van der Waals surface area contributed by atoms with Gasteiger partial charge in [0.05, 0.1) is 54.5 Å². The highest BCUT2D eigenvalue weighted by molar-refractivity contribution is 6.00. The Bertz CT molecular complexity index is 7620. The molecule has 0 N–H and O–H groups in total. The summed E-state index contributed by atoms with van der Waals surface area (Å²) in [6, 6.07) is 84.7. The lowest BCUT2D eigenvalue weighted by Crippen LogP contribution is -2.31. The lowest BCUT2D eigenvalue weighted by molar-refractivity contribution is -0.274. The van der Waals surface area contributed by atoms with Crippen LogP contribution in [-0.4, -0.2) is 99.5 Å². The number of aromatic nitrogens is 9. The molecule has 762 valence electrons. The standard InChI is InChI=1S/C21H21NO.C19H19NO.C18H17F3N2O.C18H20N2O.C18H21NO2.C16H16N2O.C16H20N2O/c1-21(2,3)18-8-4-6-17(14-18)20(23)13-15-9-10-19-16(12-15)7-5-11-22-19;1-19(2,3)17-6-4-5-16(12-17)18(21)11-14-7-9-15(13-20)10-8-14;1-17(2,3)14-5-4-10-23-11-15(22-16(14)23)12-6-8-13(9-7-12)24-18(19,20)21;1-18(2,3)16-6-5-7-17-19-15(12-20(16)17)13-8-10-14(21-4)11-9-13;1-18(2,3)14-6-5-7-15-16(14)21-17(19-15)12-8-10-13(20-4)11-9-12;1-16(2,3)12-7-4-8-13-14(12)19-15(18-13)11-6-5-9-17-10-11;1-16(2,3)14-7-5-6-13(9-14)15(19)8-12-10-17-18(4)11-12/h4-12,14H,13H2,1-3H3;4-10,12H,11H2,1-3H3;4-11H,1-3H3;5-12H,1-4H3;5-11,15-16H,1-4H3;4-10H,1-3H3;5-7,9-11H,8H2,1-4H3. The number of oxazole rings is 1. The number of ketones is 3. The van der Waals surface area contributed by atoms with Crippen LogP contribution in [0.1, 0.15) is 238 Å². The maximum atomic E-state index is 12.6. The SMILES string of the molecule is CC(C)(C)c1cccc(C(=O)Cc2ccc(C#N)cc2)c1.CC(C)(C)c1cccc(C(=O)Cc2ccc3ncccc3c2)c1.CC(C)(C)c1cccc2nc(-c3cccnc3)oc12.CC(C)(C)c1cccn2cc(-c3ccc(OC(F)(F)F)cc3)nc12.COc1ccc(-c2cn3c(C(C)(C)C)cccc3n2)cc1.COc1ccc(C2=NC3C=CC=C(C(C)(C)C)C3O2)cc1.Cn1cc(CC(=O)c2cccc(C(C)(C)C)c2)cn1. The van der Waals surface area contributed by atoms with E-state index in [4.69, 9.17) is 33.9 Å². The zero-order chi connectivity index (χ0) is 107. The minimum atomic E-state index is -4.69. The van der Waals surface area contributed by atoms with Gasteiger partial charge >= 0.3 is 6.36 Å². The number of hydrogen-bond acceptors (Lipinski definition) is 16. The maximum absolute atomic E-state index is 12.6. The van der Waals surface area contributed by atoms with Gasteiger partial charge < -0.3 is 32.2 Å². The molecule has 8 aromatic heterocycles. The lowest BCUT2D eigenvalue weighted by Gasteiger charge is -2.31. The summed E-state index contributed by atoms with van der Waals surface area (Å²) in [5.74, 6) is 3.19. The van der Waals surface area contributed by atoms with Gasteiger partial charge in [0, 0.05) is 131 Å². The fraction of sp³-hybridized carbons (Fsp3) is 0.294. The molecule has 19 rings (SSSR count). The third-order valence-corrected chi connectivity index (χ3v) is 25.1. The number of pyridine rings is 4. The van der Waals surface area contributed by atoms with Crippen LogP contribution in [0.2, 0.25) is 0 Å². The van der Waals surface area contributed by atoms with Gasteiger partial charge in [-0.3, -0.25) is 29.0 Å². The quantitative estimate of drug-likeness (QED) is 0.0819. The first-order chi connectivity index (χ1) is 69.8. The van der Waals surface area contributed by atoms with Crippen LogP contribution in [0, 0.1) is 16.7 Å². The van der Waals surface area contributed by atoms with E-state index in [1.54, 1.807) is 68.0 Å². The second-order valence-corrected chi connectivity index (χ2v) is 44.1. The monoisotopic (exact) mass is 1990 g/mol. The fourth-order valence-corrected chi connectivity index (χ4v) is 16.8. The van der Waals surface area contributed by atoms with E-state index >= 15 is 0 Å². The number of rotatable bonds is 16. The number of alkyl halides is 3. The van der Waals surface area contributed by atoms with Crippen LogP contribution in [0.25, 0.3) is 67.3 Å². The minimum absolute atomic E-state index is 0.0205. The van der Waals surface area contributed by atoms with Crippen molar-refractivity contribution < 1.29 is 50.9 Å². The average Bonchev–Trinajstić information content (AvgIpc) is 1.64. The van der Waals surface area contributed by atoms with Gasteiger partial charge in [0.2, 0.25) is 11.8 Å². The second-order valence-electron chi connectivity index (χ2n) is 44.1. The molecule has 19 nitrogen and oxygen atoms in total. The maximum Gasteiger partial charge on any atom is 0.573 e. The number of imidazole rings is 2. The Morgan fingerprint density at radius 1 is 0.453 bits per heavy atom. The van der Waals surface area contributed by atoms with E-state index in [1.165, 1.54) is 40.1 Å². The Hall–Kier alpha value is -15.8. The van der Waals surface area contributed by atoms with Gasteiger partial charge in [-0.25, -0.2) is 19.9 Å². The summed E-state index contributed by atoms with van der Waals surface area (Å²) in [6.45, 7) is 45.5. The largest absolute Gasteiger partial charge is 0.573 e. The van der Waals surface area contributed by atoms with Gasteiger partial charge in [0.15, 0.2) is 22.9 Å². The first-order valence-electron chi connectivity index (χ1n) is 49.6. The molecule has 22 heteroatoms. The number of halogens is 3. The van der Waals surface area contributed by atoms with Crippen LogP contribution in [0.5, 0.6) is 17.2 Å². The number of nitrogens with zero attached hydrogens (tertiary/aromatic N) is 11. The third-order valence-electron chi connectivity index (χ3n) is 25.1. The molecule has 17 aromatic rings. The average molecular weight is 1990 g/mol. The molecule has 1 aliphatic heterocycles. The van der Waals surface area contributed by atoms with Crippen LogP contribution in [-0.2, 0) is 63.5 Å². The van der Waals surface area contributed by atoms with Crippen molar-refractivity contribution in [1.29, 1.82) is 5.26 Å². The van der Waals surface area contributed by atoms with Crippen molar-refractivity contribution >= 4 is 56.5 Å². The number of benzene rings is 9. The number of Topliss-reactive ketones (excluding diaryl/α,β-unsaturated/α-hetero) is 3. The van der Waals surface area contributed by atoms with Crippen LogP contribution < -0.4 is 14.2 Å². The Balaban J connectivity index is 0.000000144. The Morgan fingerprint density at radius 3 is 1.49 bits per heavy atom. The van der Waals surface area contributed by atoms with E-state index in [1.807, 2.05) is 218 Å². The van der Waals surface area contributed by atoms with Crippen molar-refractivity contribution in [2.75, 3.05) is 14.2 Å². The van der Waals surface area contributed by atoms with Gasteiger partial charge in [0.1, 0.15) is 46.2 Å². The lowest BCUT2D eigenvalue weighted by atomic mass is 9.79. The number of carbonyl (C=O) groups is 3. The number of aliphatic imine (C=N–C) groups is 1. The summed E-state index contributed by atoms with van der Waals surface area (Å²) >= 11 is 0. The van der Waals surface area contributed by atoms with Crippen molar-refractivity contribution in [2.45, 2.75) is 216 Å². The molecular formula is C126H134F3N11O8. The van der Waals surface area contributed by atoms with E-state index in [-0.39, 0.29) is 73.1 Å². The molecule has 2 unspecified atom stereocenters. The van der Waals surface area contributed by atoms with Gasteiger partial charge in [-0.15, -0.1) is 13.2 Å². The van der Waals surface area contributed by atoms with Gasteiger partial charge in [0.25, 0.3) is 0 Å². The van der Waals surface area contributed by atoms with Crippen molar-refractivity contribution in [1.82, 2.24) is 43.5 Å². The van der Waals surface area contributed by atoms with E-state index in [0.29, 0.717) is 42.3 Å². The number of hydrogen-bond donors (Lipinski definition) is 0. The van der Waals surface area contributed by atoms with Gasteiger partial charge in [-0.05, 0) is 229 Å². The number of para-hydroxylation sites is 1.